The lowest BCUT2D eigenvalue weighted by Gasteiger charge is -2.09. The van der Waals surface area contributed by atoms with Gasteiger partial charge in [0.25, 0.3) is 0 Å². The Morgan fingerprint density at radius 2 is 1.93 bits per heavy atom. The molecule has 0 amide bonds. The van der Waals surface area contributed by atoms with Crippen LogP contribution in [0.5, 0.6) is 0 Å². The fourth-order valence-electron chi connectivity index (χ4n) is 2.29. The van der Waals surface area contributed by atoms with Crippen molar-refractivity contribution < 1.29 is 5.11 Å². The van der Waals surface area contributed by atoms with Crippen molar-refractivity contribution in [3.8, 4) is 0 Å². The summed E-state index contributed by atoms with van der Waals surface area (Å²) in [5, 5.41) is 9.42. The first-order valence-corrected chi connectivity index (χ1v) is 5.47. The van der Waals surface area contributed by atoms with Crippen molar-refractivity contribution in [2.45, 2.75) is 38.7 Å². The van der Waals surface area contributed by atoms with E-state index in [-0.39, 0.29) is 6.10 Å². The van der Waals surface area contributed by atoms with E-state index in [2.05, 4.69) is 31.2 Å². The largest absolute Gasteiger partial charge is 0.393 e. The van der Waals surface area contributed by atoms with Crippen LogP contribution in [0.1, 0.15) is 30.4 Å². The first-order chi connectivity index (χ1) is 6.74. The molecule has 1 aromatic carbocycles. The average Bonchev–Trinajstić information content (AvgIpc) is 2.56. The highest BCUT2D eigenvalue weighted by atomic mass is 16.3. The third-order valence-corrected chi connectivity index (χ3v) is 3.16. The minimum Gasteiger partial charge on any atom is -0.393 e. The molecule has 76 valence electrons. The van der Waals surface area contributed by atoms with Gasteiger partial charge in [0.2, 0.25) is 0 Å². The van der Waals surface area contributed by atoms with Gasteiger partial charge in [-0.3, -0.25) is 0 Å². The first-order valence-electron chi connectivity index (χ1n) is 5.47. The lowest BCUT2D eigenvalue weighted by atomic mass is 9.97. The second kappa shape index (κ2) is 4.14. The summed E-state index contributed by atoms with van der Waals surface area (Å²) in [7, 11) is 0. The Morgan fingerprint density at radius 1 is 1.21 bits per heavy atom. The van der Waals surface area contributed by atoms with Gasteiger partial charge in [0.15, 0.2) is 0 Å². The third kappa shape index (κ3) is 2.36. The van der Waals surface area contributed by atoms with Crippen molar-refractivity contribution in [3.63, 3.8) is 0 Å². The summed E-state index contributed by atoms with van der Waals surface area (Å²) >= 11 is 0. The van der Waals surface area contributed by atoms with Crippen molar-refractivity contribution in [1.82, 2.24) is 0 Å². The van der Waals surface area contributed by atoms with Crippen LogP contribution in [0.3, 0.4) is 0 Å². The quantitative estimate of drug-likeness (QED) is 0.760. The van der Waals surface area contributed by atoms with E-state index in [4.69, 9.17) is 0 Å². The number of aliphatic hydroxyl groups excluding tert-OH is 1. The predicted molar refractivity (Wildman–Crippen MR) is 58.2 cm³/mol. The summed E-state index contributed by atoms with van der Waals surface area (Å²) in [5.74, 6) is 0.702. The molecule has 1 aliphatic rings. The van der Waals surface area contributed by atoms with Gasteiger partial charge in [0.1, 0.15) is 0 Å². The Labute approximate surface area is 85.8 Å². The topological polar surface area (TPSA) is 20.2 Å². The monoisotopic (exact) mass is 190 g/mol. The molecule has 0 aliphatic heterocycles. The van der Waals surface area contributed by atoms with Crippen LogP contribution in [0.15, 0.2) is 24.3 Å². The Bertz CT molecular complexity index is 289. The molecule has 1 heteroatoms. The van der Waals surface area contributed by atoms with Crippen molar-refractivity contribution in [2.24, 2.45) is 5.92 Å². The van der Waals surface area contributed by atoms with Gasteiger partial charge in [0.05, 0.1) is 6.10 Å². The molecule has 0 radical (unpaired) electrons. The van der Waals surface area contributed by atoms with Crippen LogP contribution in [-0.2, 0) is 6.42 Å². The van der Waals surface area contributed by atoms with E-state index in [9.17, 15) is 5.11 Å². The molecule has 1 N–H and O–H groups in total. The first kappa shape index (κ1) is 9.72. The standard InChI is InChI=1S/C13H18O/c1-10-2-4-11(5-3-10)8-12-6-7-13(14)9-12/h2-5,12-14H,6-9H2,1H3. The zero-order chi connectivity index (χ0) is 9.97. The molecule has 1 aliphatic carbocycles. The average molecular weight is 190 g/mol. The highest BCUT2D eigenvalue weighted by Crippen LogP contribution is 2.28. The lowest BCUT2D eigenvalue weighted by molar-refractivity contribution is 0.177. The highest BCUT2D eigenvalue weighted by Gasteiger charge is 2.22. The van der Waals surface area contributed by atoms with Gasteiger partial charge >= 0.3 is 0 Å². The van der Waals surface area contributed by atoms with Crippen LogP contribution < -0.4 is 0 Å². The van der Waals surface area contributed by atoms with Crippen LogP contribution in [0, 0.1) is 12.8 Å². The summed E-state index contributed by atoms with van der Waals surface area (Å²) in [6.45, 7) is 2.11. The minimum absolute atomic E-state index is 0.0366. The second-order valence-corrected chi connectivity index (χ2v) is 4.52. The molecule has 2 unspecified atom stereocenters. The highest BCUT2D eigenvalue weighted by molar-refractivity contribution is 5.21. The van der Waals surface area contributed by atoms with E-state index >= 15 is 0 Å². The summed E-state index contributed by atoms with van der Waals surface area (Å²) in [6.07, 6.45) is 4.28. The number of aliphatic hydroxyl groups is 1. The van der Waals surface area contributed by atoms with E-state index in [0.717, 1.165) is 19.3 Å². The van der Waals surface area contributed by atoms with Crippen LogP contribution in [0.25, 0.3) is 0 Å². The van der Waals surface area contributed by atoms with E-state index in [1.54, 1.807) is 0 Å². The van der Waals surface area contributed by atoms with Crippen molar-refractivity contribution >= 4 is 0 Å². The fraction of sp³-hybridized carbons (Fsp3) is 0.538. The van der Waals surface area contributed by atoms with Crippen LogP contribution in [0.4, 0.5) is 0 Å². The van der Waals surface area contributed by atoms with E-state index in [1.165, 1.54) is 17.5 Å². The molecule has 0 bridgehead atoms. The molecule has 0 aromatic heterocycles. The molecular weight excluding hydrogens is 172 g/mol. The fourth-order valence-corrected chi connectivity index (χ4v) is 2.29. The van der Waals surface area contributed by atoms with Crippen LogP contribution in [0.2, 0.25) is 0 Å². The normalized spacial score (nSPS) is 26.7. The Morgan fingerprint density at radius 3 is 2.50 bits per heavy atom. The molecule has 1 saturated carbocycles. The lowest BCUT2D eigenvalue weighted by Crippen LogP contribution is -2.03. The molecule has 14 heavy (non-hydrogen) atoms. The smallest absolute Gasteiger partial charge is 0.0543 e. The molecule has 0 heterocycles. The SMILES string of the molecule is Cc1ccc(CC2CCC(O)C2)cc1. The molecule has 2 atom stereocenters. The summed E-state index contributed by atoms with van der Waals surface area (Å²) in [4.78, 5) is 0. The zero-order valence-corrected chi connectivity index (χ0v) is 8.74. The molecule has 1 aromatic rings. The number of hydrogen-bond acceptors (Lipinski definition) is 1. The zero-order valence-electron chi connectivity index (χ0n) is 8.74. The van der Waals surface area contributed by atoms with E-state index < -0.39 is 0 Å². The third-order valence-electron chi connectivity index (χ3n) is 3.16. The van der Waals surface area contributed by atoms with Gasteiger partial charge in [0, 0.05) is 0 Å². The molecule has 0 spiro atoms. The van der Waals surface area contributed by atoms with Gasteiger partial charge in [-0.25, -0.2) is 0 Å². The number of benzene rings is 1. The Hall–Kier alpha value is -0.820. The second-order valence-electron chi connectivity index (χ2n) is 4.52. The van der Waals surface area contributed by atoms with E-state index in [1.807, 2.05) is 0 Å². The van der Waals surface area contributed by atoms with Gasteiger partial charge in [-0.05, 0) is 44.1 Å². The maximum absolute atomic E-state index is 9.42. The van der Waals surface area contributed by atoms with Crippen molar-refractivity contribution in [3.05, 3.63) is 35.4 Å². The molecule has 1 fully saturated rings. The van der Waals surface area contributed by atoms with Gasteiger partial charge in [-0.2, -0.15) is 0 Å². The summed E-state index contributed by atoms with van der Waals surface area (Å²) in [6, 6.07) is 8.75. The summed E-state index contributed by atoms with van der Waals surface area (Å²) < 4.78 is 0. The van der Waals surface area contributed by atoms with Crippen LogP contribution in [-0.4, -0.2) is 11.2 Å². The summed E-state index contributed by atoms with van der Waals surface area (Å²) in [5.41, 5.74) is 2.73. The molecule has 2 rings (SSSR count). The number of rotatable bonds is 2. The number of hydrogen-bond donors (Lipinski definition) is 1. The number of aryl methyl sites for hydroxylation is 1. The van der Waals surface area contributed by atoms with Gasteiger partial charge < -0.3 is 5.11 Å². The van der Waals surface area contributed by atoms with Gasteiger partial charge in [-0.15, -0.1) is 0 Å². The van der Waals surface area contributed by atoms with E-state index in [0.29, 0.717) is 5.92 Å². The molecule has 1 nitrogen and oxygen atoms in total. The maximum Gasteiger partial charge on any atom is 0.0543 e. The minimum atomic E-state index is -0.0366. The Balaban J connectivity index is 1.94. The molecule has 0 saturated heterocycles. The van der Waals surface area contributed by atoms with Gasteiger partial charge in [-0.1, -0.05) is 29.8 Å². The van der Waals surface area contributed by atoms with Crippen LogP contribution >= 0.6 is 0 Å². The molecular formula is C13H18O. The van der Waals surface area contributed by atoms with Crippen molar-refractivity contribution in [1.29, 1.82) is 0 Å². The maximum atomic E-state index is 9.42. The Kier molecular flexibility index (Phi) is 2.87. The predicted octanol–water partition coefficient (Wildman–Crippen LogP) is 2.70. The van der Waals surface area contributed by atoms with Crippen molar-refractivity contribution in [2.75, 3.05) is 0 Å².